The molecule has 5 nitrogen and oxygen atoms in total. The Kier molecular flexibility index (Phi) is 4.95. The first kappa shape index (κ1) is 15.8. The zero-order valence-electron chi connectivity index (χ0n) is 12.2. The fourth-order valence-electron chi connectivity index (χ4n) is 1.91. The number of furan rings is 1. The van der Waals surface area contributed by atoms with Crippen LogP contribution >= 0.6 is 12.2 Å². The van der Waals surface area contributed by atoms with Gasteiger partial charge < -0.3 is 14.8 Å². The number of hydrogen-bond donors (Lipinski definition) is 3. The van der Waals surface area contributed by atoms with Crippen molar-refractivity contribution in [2.75, 3.05) is 5.32 Å². The summed E-state index contributed by atoms with van der Waals surface area (Å²) in [5.74, 6) is 0.284. The van der Waals surface area contributed by atoms with Crippen LogP contribution < -0.4 is 10.6 Å². The lowest BCUT2D eigenvalue weighted by Crippen LogP contribution is -2.32. The largest absolute Gasteiger partial charge is 0.505 e. The predicted octanol–water partition coefficient (Wildman–Crippen LogP) is 3.13. The van der Waals surface area contributed by atoms with Gasteiger partial charge in [-0.25, -0.2) is 0 Å². The molecule has 0 saturated carbocycles. The third-order valence-corrected chi connectivity index (χ3v) is 3.08. The molecule has 0 bridgehead atoms. The molecular formula is C16H16N2O3S. The molecule has 2 aromatic rings. The molecule has 0 unspecified atom stereocenters. The molecule has 114 valence electrons. The monoisotopic (exact) mass is 316 g/mol. The van der Waals surface area contributed by atoms with Gasteiger partial charge in [0.2, 0.25) is 5.91 Å². The van der Waals surface area contributed by atoms with E-state index in [9.17, 15) is 9.90 Å². The third kappa shape index (κ3) is 4.20. The van der Waals surface area contributed by atoms with Gasteiger partial charge in [0.05, 0.1) is 12.0 Å². The third-order valence-electron chi connectivity index (χ3n) is 2.87. The van der Waals surface area contributed by atoms with E-state index in [4.69, 9.17) is 16.6 Å². The van der Waals surface area contributed by atoms with Crippen molar-refractivity contribution in [3.8, 4) is 5.75 Å². The van der Waals surface area contributed by atoms with Gasteiger partial charge in [-0.05, 0) is 61.5 Å². The number of phenolic OH excluding ortho intramolecular Hbond substituents is 1. The number of amides is 1. The second-order valence-electron chi connectivity index (χ2n) is 4.77. The van der Waals surface area contributed by atoms with Crippen molar-refractivity contribution in [1.82, 2.24) is 5.32 Å². The van der Waals surface area contributed by atoms with Crippen LogP contribution in [0.2, 0.25) is 0 Å². The Hall–Kier alpha value is -2.60. The van der Waals surface area contributed by atoms with Crippen LogP contribution in [0.25, 0.3) is 6.08 Å². The average Bonchev–Trinajstić information content (AvgIpc) is 2.95. The lowest BCUT2D eigenvalue weighted by atomic mass is 10.1. The summed E-state index contributed by atoms with van der Waals surface area (Å²) in [6.07, 6.45) is 4.37. The summed E-state index contributed by atoms with van der Waals surface area (Å²) in [6.45, 7) is 3.70. The Balaban J connectivity index is 1.97. The standard InChI is InChI=1S/C16H16N2O3S/c1-10-8-11(2)15(20)13(9-10)17-16(22)18-14(19)6-5-12-4-3-7-21-12/h3-9,20H,1-2H3,(H2,17,18,19,22)/b6-5+. The molecule has 6 heteroatoms. The molecular weight excluding hydrogens is 300 g/mol. The number of phenols is 1. The highest BCUT2D eigenvalue weighted by molar-refractivity contribution is 7.80. The summed E-state index contributed by atoms with van der Waals surface area (Å²) >= 11 is 5.06. The second kappa shape index (κ2) is 6.91. The highest BCUT2D eigenvalue weighted by Gasteiger charge is 2.08. The van der Waals surface area contributed by atoms with Gasteiger partial charge in [-0.3, -0.25) is 10.1 Å². The fourth-order valence-corrected chi connectivity index (χ4v) is 2.12. The minimum absolute atomic E-state index is 0.105. The van der Waals surface area contributed by atoms with Gasteiger partial charge in [-0.2, -0.15) is 0 Å². The van der Waals surface area contributed by atoms with Crippen molar-refractivity contribution < 1.29 is 14.3 Å². The highest BCUT2D eigenvalue weighted by Crippen LogP contribution is 2.28. The molecule has 1 aromatic heterocycles. The molecule has 0 aliphatic heterocycles. The number of hydrogen-bond acceptors (Lipinski definition) is 4. The molecule has 0 fully saturated rings. The van der Waals surface area contributed by atoms with E-state index in [1.807, 2.05) is 13.0 Å². The predicted molar refractivity (Wildman–Crippen MR) is 89.7 cm³/mol. The first-order valence-corrected chi connectivity index (χ1v) is 7.00. The Labute approximate surface area is 133 Å². The molecule has 0 spiro atoms. The van der Waals surface area contributed by atoms with E-state index in [0.717, 1.165) is 11.1 Å². The minimum Gasteiger partial charge on any atom is -0.505 e. The lowest BCUT2D eigenvalue weighted by Gasteiger charge is -2.12. The van der Waals surface area contributed by atoms with Gasteiger partial charge in [0.15, 0.2) is 5.11 Å². The number of thiocarbonyl (C=S) groups is 1. The number of aromatic hydroxyl groups is 1. The molecule has 0 aliphatic carbocycles. The van der Waals surface area contributed by atoms with E-state index in [-0.39, 0.29) is 10.9 Å². The van der Waals surface area contributed by atoms with Crippen molar-refractivity contribution in [2.45, 2.75) is 13.8 Å². The van der Waals surface area contributed by atoms with E-state index in [0.29, 0.717) is 11.4 Å². The Morgan fingerprint density at radius 1 is 1.36 bits per heavy atom. The first-order valence-electron chi connectivity index (χ1n) is 6.59. The number of benzene rings is 1. The summed E-state index contributed by atoms with van der Waals surface area (Å²) in [5, 5.41) is 15.4. The molecule has 0 radical (unpaired) electrons. The summed E-state index contributed by atoms with van der Waals surface area (Å²) in [4.78, 5) is 11.7. The maximum Gasteiger partial charge on any atom is 0.250 e. The smallest absolute Gasteiger partial charge is 0.250 e. The number of carbonyl (C=O) groups is 1. The van der Waals surface area contributed by atoms with Crippen LogP contribution in [0.5, 0.6) is 5.75 Å². The van der Waals surface area contributed by atoms with E-state index in [2.05, 4.69) is 10.6 Å². The Morgan fingerprint density at radius 2 is 2.14 bits per heavy atom. The van der Waals surface area contributed by atoms with Gasteiger partial charge in [0, 0.05) is 6.08 Å². The maximum absolute atomic E-state index is 11.7. The number of rotatable bonds is 3. The van der Waals surface area contributed by atoms with Crippen LogP contribution in [0.4, 0.5) is 5.69 Å². The topological polar surface area (TPSA) is 74.5 Å². The van der Waals surface area contributed by atoms with Crippen molar-refractivity contribution in [3.63, 3.8) is 0 Å². The van der Waals surface area contributed by atoms with E-state index >= 15 is 0 Å². The van der Waals surface area contributed by atoms with E-state index in [1.54, 1.807) is 25.1 Å². The quantitative estimate of drug-likeness (QED) is 0.461. The van der Waals surface area contributed by atoms with Crippen molar-refractivity contribution >= 4 is 35.0 Å². The van der Waals surface area contributed by atoms with Crippen LogP contribution in [-0.2, 0) is 4.79 Å². The highest BCUT2D eigenvalue weighted by atomic mass is 32.1. The molecule has 3 N–H and O–H groups in total. The number of anilines is 1. The van der Waals surface area contributed by atoms with Crippen LogP contribution in [-0.4, -0.2) is 16.1 Å². The van der Waals surface area contributed by atoms with Crippen molar-refractivity contribution in [1.29, 1.82) is 0 Å². The zero-order chi connectivity index (χ0) is 16.1. The lowest BCUT2D eigenvalue weighted by molar-refractivity contribution is -0.115. The summed E-state index contributed by atoms with van der Waals surface area (Å²) in [7, 11) is 0. The van der Waals surface area contributed by atoms with Gasteiger partial charge in [-0.1, -0.05) is 6.07 Å². The Morgan fingerprint density at radius 3 is 2.82 bits per heavy atom. The molecule has 1 heterocycles. The molecule has 22 heavy (non-hydrogen) atoms. The van der Waals surface area contributed by atoms with Gasteiger partial charge in [0.25, 0.3) is 0 Å². The van der Waals surface area contributed by atoms with Crippen molar-refractivity contribution in [3.05, 3.63) is 53.5 Å². The SMILES string of the molecule is Cc1cc(C)c(O)c(NC(=S)NC(=O)/C=C/c2ccco2)c1. The van der Waals surface area contributed by atoms with Gasteiger partial charge in [-0.15, -0.1) is 0 Å². The fraction of sp³-hybridized carbons (Fsp3) is 0.125. The van der Waals surface area contributed by atoms with Crippen LogP contribution in [0.15, 0.2) is 41.0 Å². The summed E-state index contributed by atoms with van der Waals surface area (Å²) in [5.41, 5.74) is 2.16. The van der Waals surface area contributed by atoms with Crippen LogP contribution in [0.1, 0.15) is 16.9 Å². The number of carbonyl (C=O) groups excluding carboxylic acids is 1. The Bertz CT molecular complexity index is 721. The second-order valence-corrected chi connectivity index (χ2v) is 5.18. The molecule has 0 aliphatic rings. The number of aryl methyl sites for hydroxylation is 2. The maximum atomic E-state index is 11.7. The van der Waals surface area contributed by atoms with Gasteiger partial charge >= 0.3 is 0 Å². The molecule has 1 amide bonds. The summed E-state index contributed by atoms with van der Waals surface area (Å²) in [6, 6.07) is 7.06. The van der Waals surface area contributed by atoms with Crippen molar-refractivity contribution in [2.24, 2.45) is 0 Å². The first-order chi connectivity index (χ1) is 10.5. The molecule has 1 aromatic carbocycles. The van der Waals surface area contributed by atoms with Crippen LogP contribution in [0.3, 0.4) is 0 Å². The minimum atomic E-state index is -0.391. The molecule has 2 rings (SSSR count). The summed E-state index contributed by atoms with van der Waals surface area (Å²) < 4.78 is 5.08. The average molecular weight is 316 g/mol. The van der Waals surface area contributed by atoms with E-state index in [1.165, 1.54) is 18.4 Å². The number of nitrogens with one attached hydrogen (secondary N) is 2. The van der Waals surface area contributed by atoms with Crippen LogP contribution in [0, 0.1) is 13.8 Å². The molecule has 0 saturated heterocycles. The van der Waals surface area contributed by atoms with E-state index < -0.39 is 5.91 Å². The van der Waals surface area contributed by atoms with Gasteiger partial charge in [0.1, 0.15) is 11.5 Å². The molecule has 0 atom stereocenters. The normalized spacial score (nSPS) is 10.6. The zero-order valence-corrected chi connectivity index (χ0v) is 13.0.